The average Bonchev–Trinajstić information content (AvgIpc) is 3.22. The minimum absolute atomic E-state index is 0.0576. The second kappa shape index (κ2) is 18.6. The number of carbonyl (C=O) groups excluding carboxylic acids is 2. The number of carbonyl (C=O) groups is 2. The van der Waals surface area contributed by atoms with Crippen LogP contribution in [0.3, 0.4) is 0 Å². The first-order valence-corrected chi connectivity index (χ1v) is 21.2. The molecule has 1 unspecified atom stereocenters. The molecule has 10 atom stereocenters. The summed E-state index contributed by atoms with van der Waals surface area (Å²) in [6.07, 6.45) is 12.5. The fourth-order valence-electron chi connectivity index (χ4n) is 8.94. The Morgan fingerprint density at radius 3 is 2.19 bits per heavy atom. The molecule has 1 N–H and O–H groups in total. The van der Waals surface area contributed by atoms with Crippen LogP contribution in [0.25, 0.3) is 0 Å². The third-order valence-corrected chi connectivity index (χ3v) is 12.6. The van der Waals surface area contributed by atoms with Crippen molar-refractivity contribution >= 4 is 11.9 Å². The molecule has 1 amide bonds. The number of cyclic esters (lactones) is 1. The van der Waals surface area contributed by atoms with Crippen LogP contribution in [-0.4, -0.2) is 60.0 Å². The number of esters is 1. The van der Waals surface area contributed by atoms with Crippen LogP contribution in [-0.2, 0) is 41.7 Å². The van der Waals surface area contributed by atoms with Gasteiger partial charge in [0, 0.05) is 36.1 Å². The van der Waals surface area contributed by atoms with E-state index in [1.807, 2.05) is 74.2 Å². The fraction of sp³-hybridized carbons (Fsp3) is 0.510. The molecule has 2 saturated heterocycles. The van der Waals surface area contributed by atoms with E-state index in [0.717, 1.165) is 36.0 Å². The van der Waals surface area contributed by atoms with Gasteiger partial charge in [-0.05, 0) is 63.0 Å². The Morgan fingerprint density at radius 1 is 0.862 bits per heavy atom. The topological polar surface area (TPSA) is 104 Å². The van der Waals surface area contributed by atoms with Crippen molar-refractivity contribution in [1.29, 1.82) is 0 Å². The number of rotatable bonds is 15. The second-order valence-electron chi connectivity index (χ2n) is 16.9. The molecular weight excluding hydrogens is 731 g/mol. The van der Waals surface area contributed by atoms with E-state index in [-0.39, 0.29) is 65.3 Å². The molecule has 3 aromatic carbocycles. The number of nitrogens with zero attached hydrogens (tertiary/aromatic N) is 1. The van der Waals surface area contributed by atoms with E-state index in [9.17, 15) is 14.7 Å². The van der Waals surface area contributed by atoms with Gasteiger partial charge in [0.15, 0.2) is 11.5 Å². The van der Waals surface area contributed by atoms with Gasteiger partial charge in [-0.25, -0.2) is 4.79 Å². The summed E-state index contributed by atoms with van der Waals surface area (Å²) in [6.45, 7) is 15.1. The smallest absolute Gasteiger partial charge is 0.342 e. The maximum Gasteiger partial charge on any atom is 0.342 e. The number of amides is 1. The van der Waals surface area contributed by atoms with Crippen molar-refractivity contribution in [2.75, 3.05) is 13.7 Å². The molecule has 312 valence electrons. The van der Waals surface area contributed by atoms with Crippen LogP contribution in [0.1, 0.15) is 108 Å². The molecular formula is C49H63NO8. The largest absolute Gasteiger partial charge is 0.507 e. The first-order valence-electron chi connectivity index (χ1n) is 21.2. The highest BCUT2D eigenvalue weighted by molar-refractivity contribution is 5.95. The highest BCUT2D eigenvalue weighted by Crippen LogP contribution is 2.43. The summed E-state index contributed by atoms with van der Waals surface area (Å²) >= 11 is 0. The highest BCUT2D eigenvalue weighted by Gasteiger charge is 2.48. The van der Waals surface area contributed by atoms with E-state index in [1.54, 1.807) is 13.2 Å². The number of benzene rings is 3. The quantitative estimate of drug-likeness (QED) is 0.120. The van der Waals surface area contributed by atoms with Crippen LogP contribution in [0.15, 0.2) is 97.1 Å². The molecule has 58 heavy (non-hydrogen) atoms. The van der Waals surface area contributed by atoms with Crippen molar-refractivity contribution in [3.63, 3.8) is 0 Å². The molecule has 9 nitrogen and oxygen atoms in total. The van der Waals surface area contributed by atoms with Crippen LogP contribution in [0.2, 0.25) is 0 Å². The van der Waals surface area contributed by atoms with Crippen LogP contribution >= 0.6 is 0 Å². The Morgan fingerprint density at radius 2 is 1.52 bits per heavy atom. The predicted molar refractivity (Wildman–Crippen MR) is 225 cm³/mol. The van der Waals surface area contributed by atoms with Gasteiger partial charge in [0.1, 0.15) is 23.2 Å². The van der Waals surface area contributed by atoms with Crippen LogP contribution in [0, 0.1) is 23.7 Å². The van der Waals surface area contributed by atoms with Crippen molar-refractivity contribution in [2.45, 2.75) is 123 Å². The Hall–Kier alpha value is -4.44. The molecule has 2 fully saturated rings. The van der Waals surface area contributed by atoms with Gasteiger partial charge in [0.2, 0.25) is 5.91 Å². The summed E-state index contributed by atoms with van der Waals surface area (Å²) < 4.78 is 31.6. The number of hydrogen-bond donors (Lipinski definition) is 1. The van der Waals surface area contributed by atoms with E-state index in [2.05, 4.69) is 64.1 Å². The minimum atomic E-state index is -0.932. The van der Waals surface area contributed by atoms with Crippen molar-refractivity contribution in [3.8, 4) is 11.5 Å². The normalized spacial score (nSPS) is 30.0. The number of aromatic hydroxyl groups is 1. The van der Waals surface area contributed by atoms with Gasteiger partial charge < -0.3 is 33.7 Å². The number of methoxy groups -OCH3 is 1. The molecule has 0 aliphatic carbocycles. The molecule has 3 aromatic rings. The maximum atomic E-state index is 13.9. The third kappa shape index (κ3) is 9.22. The maximum absolute atomic E-state index is 13.9. The monoisotopic (exact) mass is 793 g/mol. The summed E-state index contributed by atoms with van der Waals surface area (Å²) in [5, 5.41) is 10.4. The first kappa shape index (κ1) is 43.1. The van der Waals surface area contributed by atoms with E-state index in [1.165, 1.54) is 6.07 Å². The standard InChI is InChI=1S/C49H63NO8/c1-9-20-41-35(5)46(52)50(48(6,56-41)37-23-12-10-13-24-37)28-19-18-22-33(3)45-34(4)42(57-49(7,58-45)38-25-14-11-15-26-38)27-17-16-21-32(2)43-30-36-29-39(54-8)31-40(51)44(36)47(53)55-43/h10-19,23-26,29,31-35,41-43,45,51H,9,20-22,27-28,30H2,1-8H3/b17-16-,19-18-/t32-,33+,34+,35+,41-,42-,43+,45+,48?,49-/m0/s1. The summed E-state index contributed by atoms with van der Waals surface area (Å²) in [5.41, 5.74) is 2.04. The first-order chi connectivity index (χ1) is 27.8. The predicted octanol–water partition coefficient (Wildman–Crippen LogP) is 9.87. The van der Waals surface area contributed by atoms with E-state index in [0.29, 0.717) is 31.6 Å². The van der Waals surface area contributed by atoms with Gasteiger partial charge in [-0.15, -0.1) is 0 Å². The average molecular weight is 794 g/mol. The Kier molecular flexibility index (Phi) is 13.9. The lowest BCUT2D eigenvalue weighted by molar-refractivity contribution is -0.343. The Bertz CT molecular complexity index is 1910. The highest BCUT2D eigenvalue weighted by atomic mass is 16.7. The Balaban J connectivity index is 1.12. The SMILES string of the molecule is CCC[C@@H]1OC(C)(c2ccccc2)N(C/C=C\C[C@@H](C)[C@H]2O[C@@](C)(c3ccccc3)O[C@@H](C/C=C\C[C@H](C)[C@H]3Cc4cc(OC)cc(O)c4C(=O)O3)[C@H]2C)C(=O)[C@@H]1C. The number of allylic oxidation sites excluding steroid dienone is 2. The summed E-state index contributed by atoms with van der Waals surface area (Å²) in [7, 11) is 1.54. The van der Waals surface area contributed by atoms with Crippen LogP contribution < -0.4 is 4.74 Å². The Labute approximate surface area is 345 Å². The van der Waals surface area contributed by atoms with Crippen molar-refractivity contribution in [3.05, 3.63) is 119 Å². The molecule has 0 bridgehead atoms. The molecule has 6 rings (SSSR count). The molecule has 3 aliphatic heterocycles. The lowest BCUT2D eigenvalue weighted by atomic mass is 9.83. The second-order valence-corrected chi connectivity index (χ2v) is 16.9. The van der Waals surface area contributed by atoms with Crippen LogP contribution in [0.4, 0.5) is 0 Å². The third-order valence-electron chi connectivity index (χ3n) is 12.6. The van der Waals surface area contributed by atoms with Crippen LogP contribution in [0.5, 0.6) is 11.5 Å². The van der Waals surface area contributed by atoms with E-state index in [4.69, 9.17) is 23.7 Å². The van der Waals surface area contributed by atoms with E-state index >= 15 is 0 Å². The van der Waals surface area contributed by atoms with Crippen molar-refractivity contribution in [1.82, 2.24) is 4.90 Å². The number of fused-ring (bicyclic) bond motifs is 1. The van der Waals surface area contributed by atoms with Gasteiger partial charge in [-0.3, -0.25) is 4.79 Å². The molecule has 9 heteroatoms. The molecule has 3 aliphatic rings. The fourth-order valence-corrected chi connectivity index (χ4v) is 8.94. The molecule has 3 heterocycles. The molecule has 0 aromatic heterocycles. The van der Waals surface area contributed by atoms with Gasteiger partial charge in [-0.2, -0.15) is 0 Å². The summed E-state index contributed by atoms with van der Waals surface area (Å²) in [6, 6.07) is 23.4. The zero-order valence-electron chi connectivity index (χ0n) is 35.6. The summed E-state index contributed by atoms with van der Waals surface area (Å²) in [5.74, 6) is -0.828. The number of ether oxygens (including phenoxy) is 5. The van der Waals surface area contributed by atoms with Gasteiger partial charge >= 0.3 is 5.97 Å². The lowest BCUT2D eigenvalue weighted by Crippen LogP contribution is -2.59. The summed E-state index contributed by atoms with van der Waals surface area (Å²) in [4.78, 5) is 28.7. The van der Waals surface area contributed by atoms with Gasteiger partial charge in [0.05, 0.1) is 31.3 Å². The van der Waals surface area contributed by atoms with E-state index < -0.39 is 17.5 Å². The molecule has 0 spiro atoms. The van der Waals surface area contributed by atoms with Gasteiger partial charge in [-0.1, -0.05) is 126 Å². The van der Waals surface area contributed by atoms with Gasteiger partial charge in [0.25, 0.3) is 0 Å². The lowest BCUT2D eigenvalue weighted by Gasteiger charge is -2.49. The number of phenolic OH excluding ortho intramolecular Hbond substituents is 1. The minimum Gasteiger partial charge on any atom is -0.507 e. The zero-order chi connectivity index (χ0) is 41.6. The molecule has 0 saturated carbocycles. The number of hydrogen-bond acceptors (Lipinski definition) is 8. The number of phenols is 1. The zero-order valence-corrected chi connectivity index (χ0v) is 35.6. The molecule has 0 radical (unpaired) electrons. The van der Waals surface area contributed by atoms with Crippen molar-refractivity contribution < 1.29 is 38.4 Å². The van der Waals surface area contributed by atoms with Crippen molar-refractivity contribution in [2.24, 2.45) is 23.7 Å².